The van der Waals surface area contributed by atoms with E-state index in [-0.39, 0.29) is 147 Å². The van der Waals surface area contributed by atoms with E-state index < -0.39 is 253 Å². The maximum atomic E-state index is 15.3. The smallest absolute Gasteiger partial charge is 0.328 e. The van der Waals surface area contributed by atoms with E-state index in [2.05, 4.69) is 108 Å². The molecule has 30 N–H and O–H groups in total. The van der Waals surface area contributed by atoms with Gasteiger partial charge in [-0.3, -0.25) is 96.5 Å². The molecule has 0 saturated carbocycles. The normalized spacial score (nSPS) is 16.3. The average molecular weight is 2080 g/mol. The fraction of sp³-hybridized carbons (Fsp3) is 0.602. The van der Waals surface area contributed by atoms with Crippen LogP contribution in [0.5, 0.6) is 0 Å². The molecule has 51 heteroatoms. The minimum Gasteiger partial charge on any atom is -0.481 e. The van der Waals surface area contributed by atoms with Crippen molar-refractivity contribution in [3.63, 3.8) is 0 Å². The molecule has 48 nitrogen and oxygen atoms in total. The third kappa shape index (κ3) is 38.7. The Morgan fingerprint density at radius 3 is 1.40 bits per heavy atom. The standard InChI is InChI=1S/C93H143N25O23S3/c1-9-51(6)77(90(138)109-58(23-14-15-31-94)80(128)108-62(30-36-144-8)83(131)115-69(48-142)87(135)110-63(37-49(2)3)79(127)103-46-75(123)117-33-17-25-70(117)88(136)114-68(47-119)92(140)141)116-86(134)64(38-50(4)5)112-89(137)71-26-18-34-118(71)91(139)67(41-76(124)125)113-85(133)66(40-53-44-101-57-22-13-11-20-55(53)57)111-81(129)59(24-16-32-99-93(97)98)106-84(132)65(39-52-43-100-56-21-12-10-19-54(52)56)105-74(122)45-102-78(126)61(29-35-143-7)107-82(130)60(27-28-72(96)120)104-73(121)42-95/h10-13,19-22,43-44,49-51,58-71,77,100-101,119,142H,9,14-18,23-42,45-48,94-95H2,1-8H3,(H2,96,120)(H,102,126)(H,103,127)(H,104,121)(H,105,122)(H,106,132)(H,107,130)(H,108,128)(H,109,138)(H,110,135)(H,111,129)(H,112,137)(H,113,133)(H,114,136)(H,115,131)(H,116,134)(H,124,125)(H,140,141)(H4,97,98,99)/t51-,58-,59-,60-,61-,62-,63-,64-,65-,66-,67-,68-,69-,70-,71-,77-/m0/s1. The fourth-order valence-corrected chi connectivity index (χ4v) is 17.6. The molecule has 0 radical (unpaired) electrons. The van der Waals surface area contributed by atoms with Crippen LogP contribution in [-0.2, 0) is 109 Å². The van der Waals surface area contributed by atoms with Crippen LogP contribution in [-0.4, -0.2) is 332 Å². The number of aromatic amines is 2. The van der Waals surface area contributed by atoms with Gasteiger partial charge in [0.2, 0.25) is 106 Å². The van der Waals surface area contributed by atoms with E-state index in [1.54, 1.807) is 115 Å². The zero-order valence-corrected chi connectivity index (χ0v) is 84.9. The molecule has 796 valence electrons. The molecule has 2 aromatic carbocycles. The molecule has 6 rings (SSSR count). The lowest BCUT2D eigenvalue weighted by Crippen LogP contribution is -2.61. The van der Waals surface area contributed by atoms with Gasteiger partial charge in [-0.05, 0) is 161 Å². The quantitative estimate of drug-likeness (QED) is 0.00860. The molecule has 2 aliphatic rings. The largest absolute Gasteiger partial charge is 0.481 e. The van der Waals surface area contributed by atoms with Crippen LogP contribution in [0.25, 0.3) is 21.8 Å². The number of carbonyl (C=O) groups excluding carboxylic acids is 18. The molecular formula is C93H143N25O23S3. The Bertz CT molecular complexity index is 5100. The number of thioether (sulfide) groups is 2. The molecule has 2 aliphatic heterocycles. The van der Waals surface area contributed by atoms with Crippen LogP contribution in [0.15, 0.2) is 60.9 Å². The van der Waals surface area contributed by atoms with Gasteiger partial charge in [-0.25, -0.2) is 4.79 Å². The van der Waals surface area contributed by atoms with Crippen molar-refractivity contribution in [2.24, 2.45) is 40.7 Å². The van der Waals surface area contributed by atoms with Gasteiger partial charge in [0.15, 0.2) is 5.96 Å². The van der Waals surface area contributed by atoms with Crippen LogP contribution in [0.3, 0.4) is 0 Å². The van der Waals surface area contributed by atoms with Gasteiger partial charge in [-0.1, -0.05) is 84.4 Å². The van der Waals surface area contributed by atoms with Gasteiger partial charge < -0.3 is 143 Å². The van der Waals surface area contributed by atoms with Gasteiger partial charge in [0.05, 0.1) is 32.7 Å². The number of fused-ring (bicyclic) bond motifs is 2. The summed E-state index contributed by atoms with van der Waals surface area (Å²) in [5, 5.41) is 80.0. The topological polar surface area (TPSA) is 761 Å². The minimum atomic E-state index is -1.96. The summed E-state index contributed by atoms with van der Waals surface area (Å²) < 4.78 is 0. The molecule has 144 heavy (non-hydrogen) atoms. The summed E-state index contributed by atoms with van der Waals surface area (Å²) in [7, 11) is 0. The van der Waals surface area contributed by atoms with E-state index in [4.69, 9.17) is 28.3 Å². The number of rotatable bonds is 64. The van der Waals surface area contributed by atoms with Crippen LogP contribution in [0.2, 0.25) is 0 Å². The van der Waals surface area contributed by atoms with Gasteiger partial charge in [-0.15, -0.1) is 0 Å². The van der Waals surface area contributed by atoms with Crippen molar-refractivity contribution in [3.8, 4) is 0 Å². The lowest BCUT2D eigenvalue weighted by Gasteiger charge is -2.31. The number of aliphatic hydroxyl groups excluding tert-OH is 1. The second-order valence-electron chi connectivity index (χ2n) is 36.3. The number of carboxylic acids is 2. The van der Waals surface area contributed by atoms with E-state index in [0.29, 0.717) is 57.3 Å². The molecule has 0 bridgehead atoms. The Labute approximate surface area is 848 Å². The molecule has 4 aromatic rings. The number of thiol groups is 1. The number of nitrogens with one attached hydrogen (secondary N) is 19. The summed E-state index contributed by atoms with van der Waals surface area (Å²) in [5.41, 5.74) is 24.5. The van der Waals surface area contributed by atoms with Crippen molar-refractivity contribution in [1.82, 2.24) is 105 Å². The summed E-state index contributed by atoms with van der Waals surface area (Å²) in [6, 6.07) is -7.95. The Hall–Kier alpha value is -12.9. The second-order valence-corrected chi connectivity index (χ2v) is 38.7. The average Bonchev–Trinajstić information content (AvgIpc) is 1.62. The Balaban J connectivity index is 1.21. The van der Waals surface area contributed by atoms with Crippen molar-refractivity contribution >= 4 is 182 Å². The van der Waals surface area contributed by atoms with Crippen molar-refractivity contribution in [1.29, 1.82) is 5.41 Å². The molecule has 2 fully saturated rings. The number of hydrogen-bond acceptors (Lipinski definition) is 27. The second kappa shape index (κ2) is 61.3. The first kappa shape index (κ1) is 120. The van der Waals surface area contributed by atoms with Crippen molar-refractivity contribution in [3.05, 3.63) is 72.1 Å². The molecular weight excluding hydrogens is 1930 g/mol. The molecule has 2 aromatic heterocycles. The van der Waals surface area contributed by atoms with Gasteiger partial charge >= 0.3 is 11.9 Å². The molecule has 0 aliphatic carbocycles. The maximum absolute atomic E-state index is 15.3. The highest BCUT2D eigenvalue weighted by atomic mass is 32.2. The zero-order chi connectivity index (χ0) is 107. The predicted octanol–water partition coefficient (Wildman–Crippen LogP) is -4.31. The van der Waals surface area contributed by atoms with E-state index in [9.17, 15) is 92.0 Å². The van der Waals surface area contributed by atoms with Crippen LogP contribution in [0, 0.1) is 23.2 Å². The van der Waals surface area contributed by atoms with Gasteiger partial charge in [-0.2, -0.15) is 36.2 Å². The van der Waals surface area contributed by atoms with Gasteiger partial charge in [0.1, 0.15) is 90.6 Å². The SMILES string of the molecule is CC[C@H](C)[C@H](NC(=O)[C@H](CC(C)C)NC(=O)[C@@H]1CCCN1C(=O)[C@H](CC(=O)O)NC(=O)[C@H](Cc1c[nH]c2ccccc12)NC(=O)[C@H](CCCNC(=N)N)NC(=O)[C@H](Cc1c[nH]c2ccccc12)NC(=O)CNC(=O)[C@H](CCSC)NC(=O)[C@H](CCC(N)=O)NC(=O)CN)C(=O)N[C@@H](CCCCN)C(=O)N[C@@H](CCSC)C(=O)N[C@@H](CS)C(=O)N[C@@H](CC(C)C)C(=O)NCC(=O)N1CCC[C@H]1C(=O)N[C@@H](CO)C(=O)O. The monoisotopic (exact) mass is 2070 g/mol. The summed E-state index contributed by atoms with van der Waals surface area (Å²) in [5.74, 6) is -20.2. The maximum Gasteiger partial charge on any atom is 0.328 e. The van der Waals surface area contributed by atoms with Crippen molar-refractivity contribution in [2.45, 2.75) is 254 Å². The Morgan fingerprint density at radius 1 is 0.479 bits per heavy atom. The number of guanidine groups is 1. The van der Waals surface area contributed by atoms with Gasteiger partial charge in [0.25, 0.3) is 0 Å². The number of primary amides is 1. The number of unbranched alkanes of at least 4 members (excludes halogenated alkanes) is 1. The number of benzene rings is 2. The zero-order valence-electron chi connectivity index (χ0n) is 82.4. The van der Waals surface area contributed by atoms with Crippen LogP contribution in [0.4, 0.5) is 0 Å². The highest BCUT2D eigenvalue weighted by Gasteiger charge is 2.44. The molecule has 4 heterocycles. The summed E-state index contributed by atoms with van der Waals surface area (Å²) in [6.07, 6.45) is 5.74. The number of nitrogens with two attached hydrogens (primary N) is 4. The summed E-state index contributed by atoms with van der Waals surface area (Å²) in [4.78, 5) is 288. The van der Waals surface area contributed by atoms with Gasteiger partial charge in [0, 0.05) is 78.8 Å². The molecule has 18 amide bonds. The Morgan fingerprint density at radius 2 is 0.903 bits per heavy atom. The van der Waals surface area contributed by atoms with Crippen LogP contribution >= 0.6 is 36.2 Å². The fourth-order valence-electron chi connectivity index (χ4n) is 16.4. The predicted molar refractivity (Wildman–Crippen MR) is 539 cm³/mol. The van der Waals surface area contributed by atoms with E-state index in [1.807, 2.05) is 0 Å². The number of carboxylic acid groups (broad SMARTS) is 2. The number of H-pyrrole nitrogens is 2. The first-order valence-corrected chi connectivity index (χ1v) is 51.5. The van der Waals surface area contributed by atoms with Crippen molar-refractivity contribution < 1.29 is 111 Å². The molecule has 16 atom stereocenters. The third-order valence-corrected chi connectivity index (χ3v) is 26.0. The first-order chi connectivity index (χ1) is 68.5. The number of likely N-dealkylation sites (tertiary alicyclic amines) is 2. The lowest BCUT2D eigenvalue weighted by atomic mass is 9.96. The number of amides is 18. The van der Waals surface area contributed by atoms with Crippen LogP contribution in [0.1, 0.15) is 162 Å². The Kier molecular flexibility index (Phi) is 51.0. The molecule has 0 spiro atoms. The van der Waals surface area contributed by atoms with Crippen LogP contribution < -0.4 is 108 Å². The number of nitrogens with zero attached hydrogens (tertiary/aromatic N) is 2. The molecule has 0 unspecified atom stereocenters. The highest BCUT2D eigenvalue weighted by molar-refractivity contribution is 7.98. The molecule has 2 saturated heterocycles. The van der Waals surface area contributed by atoms with E-state index in [1.165, 1.54) is 28.4 Å². The number of hydrogen-bond donors (Lipinski definition) is 27. The number of aromatic nitrogens is 2. The third-order valence-electron chi connectivity index (χ3n) is 24.3. The highest BCUT2D eigenvalue weighted by Crippen LogP contribution is 2.26. The number of aliphatic hydroxyl groups is 1. The van der Waals surface area contributed by atoms with E-state index >= 15 is 19.2 Å². The lowest BCUT2D eigenvalue weighted by molar-refractivity contribution is -0.146. The van der Waals surface area contributed by atoms with E-state index in [0.717, 1.165) is 4.90 Å². The minimum absolute atomic E-state index is 0.00766. The first-order valence-electron chi connectivity index (χ1n) is 48.1. The number of aliphatic carboxylic acids is 2. The number of carbonyl (C=O) groups is 20. The summed E-state index contributed by atoms with van der Waals surface area (Å²) >= 11 is 7.00. The summed E-state index contributed by atoms with van der Waals surface area (Å²) in [6.45, 7) is 7.71. The number of para-hydroxylation sites is 2. The van der Waals surface area contributed by atoms with Crippen molar-refractivity contribution in [2.75, 3.05) is 82.2 Å².